The molecule has 0 amide bonds. The Morgan fingerprint density at radius 2 is 2.00 bits per heavy atom. The minimum Gasteiger partial charge on any atom is -0.454 e. The van der Waals surface area contributed by atoms with Crippen molar-refractivity contribution in [2.45, 2.75) is 20.4 Å². The fourth-order valence-corrected chi connectivity index (χ4v) is 2.19. The number of hydrogen-bond acceptors (Lipinski definition) is 2. The van der Waals surface area contributed by atoms with Crippen molar-refractivity contribution in [3.05, 3.63) is 57.8 Å². The number of aryl methyl sites for hydroxylation is 1. The van der Waals surface area contributed by atoms with Gasteiger partial charge in [0.1, 0.15) is 5.75 Å². The molecule has 106 valence electrons. The molecule has 0 aliphatic heterocycles. The van der Waals surface area contributed by atoms with Crippen LogP contribution in [0.15, 0.2) is 40.9 Å². The Bertz CT molecular complexity index is 601. The summed E-state index contributed by atoms with van der Waals surface area (Å²) >= 11 is 3.42. The van der Waals surface area contributed by atoms with Gasteiger partial charge < -0.3 is 10.1 Å². The van der Waals surface area contributed by atoms with Crippen molar-refractivity contribution < 1.29 is 9.13 Å². The lowest BCUT2D eigenvalue weighted by Gasteiger charge is -2.13. The van der Waals surface area contributed by atoms with Crippen molar-refractivity contribution in [3.8, 4) is 11.5 Å². The molecule has 4 heteroatoms. The molecule has 0 unspecified atom stereocenters. The van der Waals surface area contributed by atoms with Gasteiger partial charge in [-0.3, -0.25) is 0 Å². The average molecular weight is 338 g/mol. The van der Waals surface area contributed by atoms with E-state index in [1.54, 1.807) is 25.1 Å². The number of halogens is 2. The van der Waals surface area contributed by atoms with Crippen LogP contribution in [0.25, 0.3) is 0 Å². The van der Waals surface area contributed by atoms with Crippen molar-refractivity contribution in [1.29, 1.82) is 0 Å². The summed E-state index contributed by atoms with van der Waals surface area (Å²) in [7, 11) is 0. The van der Waals surface area contributed by atoms with Crippen molar-refractivity contribution in [2.75, 3.05) is 6.54 Å². The first kappa shape index (κ1) is 15.0. The third-order valence-corrected chi connectivity index (χ3v) is 3.46. The number of ether oxygens (including phenoxy) is 1. The maximum absolute atomic E-state index is 14.0. The zero-order valence-corrected chi connectivity index (χ0v) is 13.1. The van der Waals surface area contributed by atoms with Crippen molar-refractivity contribution >= 4 is 15.9 Å². The first-order chi connectivity index (χ1) is 9.61. The lowest BCUT2D eigenvalue weighted by molar-refractivity contribution is 0.433. The van der Waals surface area contributed by atoms with Crippen LogP contribution >= 0.6 is 15.9 Å². The van der Waals surface area contributed by atoms with Gasteiger partial charge in [0.15, 0.2) is 11.6 Å². The van der Waals surface area contributed by atoms with E-state index in [1.165, 1.54) is 0 Å². The topological polar surface area (TPSA) is 21.3 Å². The van der Waals surface area contributed by atoms with Gasteiger partial charge >= 0.3 is 0 Å². The van der Waals surface area contributed by atoms with Crippen LogP contribution in [0.5, 0.6) is 11.5 Å². The highest BCUT2D eigenvalue weighted by Gasteiger charge is 2.10. The zero-order chi connectivity index (χ0) is 14.5. The molecule has 2 rings (SSSR count). The second kappa shape index (κ2) is 6.86. The molecular weight excluding hydrogens is 321 g/mol. The van der Waals surface area contributed by atoms with Gasteiger partial charge in [0, 0.05) is 16.6 Å². The van der Waals surface area contributed by atoms with Crippen LogP contribution in [-0.4, -0.2) is 6.54 Å². The van der Waals surface area contributed by atoms with Crippen molar-refractivity contribution in [3.63, 3.8) is 0 Å². The number of rotatable bonds is 5. The van der Waals surface area contributed by atoms with Gasteiger partial charge in [0.05, 0.1) is 0 Å². The van der Waals surface area contributed by atoms with Crippen LogP contribution in [0, 0.1) is 12.7 Å². The summed E-state index contributed by atoms with van der Waals surface area (Å²) in [5.41, 5.74) is 1.57. The van der Waals surface area contributed by atoms with E-state index < -0.39 is 0 Å². The molecule has 0 fully saturated rings. The van der Waals surface area contributed by atoms with Crippen LogP contribution < -0.4 is 10.1 Å². The van der Waals surface area contributed by atoms with E-state index >= 15 is 0 Å². The molecule has 0 saturated carbocycles. The van der Waals surface area contributed by atoms with Gasteiger partial charge in [-0.15, -0.1) is 0 Å². The summed E-state index contributed by atoms with van der Waals surface area (Å²) in [6, 6.07) is 10.9. The van der Waals surface area contributed by atoms with Crippen LogP contribution in [0.2, 0.25) is 0 Å². The zero-order valence-electron chi connectivity index (χ0n) is 11.5. The lowest BCUT2D eigenvalue weighted by atomic mass is 10.2. The molecule has 0 aromatic heterocycles. The summed E-state index contributed by atoms with van der Waals surface area (Å²) in [6.45, 7) is 5.32. The Morgan fingerprint density at radius 1 is 1.20 bits per heavy atom. The summed E-state index contributed by atoms with van der Waals surface area (Å²) in [4.78, 5) is 0. The predicted octanol–water partition coefficient (Wildman–Crippen LogP) is 4.80. The summed E-state index contributed by atoms with van der Waals surface area (Å²) in [6.07, 6.45) is 0. The molecule has 0 aliphatic rings. The van der Waals surface area contributed by atoms with Gasteiger partial charge in [-0.25, -0.2) is 4.39 Å². The highest BCUT2D eigenvalue weighted by Crippen LogP contribution is 2.31. The van der Waals surface area contributed by atoms with E-state index in [4.69, 9.17) is 4.74 Å². The van der Waals surface area contributed by atoms with Crippen LogP contribution in [0.4, 0.5) is 4.39 Å². The molecule has 0 atom stereocenters. The highest BCUT2D eigenvalue weighted by atomic mass is 79.9. The fraction of sp³-hybridized carbons (Fsp3) is 0.250. The number of nitrogens with one attached hydrogen (secondary N) is 1. The molecule has 1 N–H and O–H groups in total. The SMILES string of the molecule is CCNCc1ccc(Br)cc1Oc1cccc(C)c1F. The Balaban J connectivity index is 2.31. The quantitative estimate of drug-likeness (QED) is 0.846. The number of benzene rings is 2. The standard InChI is InChI=1S/C16H17BrFNO/c1-3-19-10-12-7-8-13(17)9-15(12)20-14-6-4-5-11(2)16(14)18/h4-9,19H,3,10H2,1-2H3. The Labute approximate surface area is 127 Å². The maximum atomic E-state index is 14.0. The molecule has 0 saturated heterocycles. The lowest BCUT2D eigenvalue weighted by Crippen LogP contribution is -2.12. The Morgan fingerprint density at radius 3 is 2.75 bits per heavy atom. The van der Waals surface area contributed by atoms with Crippen LogP contribution in [0.3, 0.4) is 0 Å². The first-order valence-corrected chi connectivity index (χ1v) is 7.33. The number of hydrogen-bond donors (Lipinski definition) is 1. The maximum Gasteiger partial charge on any atom is 0.168 e. The smallest absolute Gasteiger partial charge is 0.168 e. The average Bonchev–Trinajstić information content (AvgIpc) is 2.43. The van der Waals surface area contributed by atoms with E-state index in [0.29, 0.717) is 17.9 Å². The second-order valence-corrected chi connectivity index (χ2v) is 5.44. The van der Waals surface area contributed by atoms with Crippen LogP contribution in [0.1, 0.15) is 18.1 Å². The van der Waals surface area contributed by atoms with Crippen molar-refractivity contribution in [1.82, 2.24) is 5.32 Å². The Hall–Kier alpha value is -1.39. The molecule has 0 bridgehead atoms. The normalized spacial score (nSPS) is 10.6. The van der Waals surface area contributed by atoms with Gasteiger partial charge in [-0.2, -0.15) is 0 Å². The minimum atomic E-state index is -0.318. The molecule has 2 aromatic carbocycles. The highest BCUT2D eigenvalue weighted by molar-refractivity contribution is 9.10. The van der Waals surface area contributed by atoms with E-state index in [2.05, 4.69) is 21.2 Å². The van der Waals surface area contributed by atoms with Gasteiger partial charge in [0.2, 0.25) is 0 Å². The van der Waals surface area contributed by atoms with Gasteiger partial charge in [-0.05, 0) is 37.2 Å². The fourth-order valence-electron chi connectivity index (χ4n) is 1.85. The third-order valence-electron chi connectivity index (χ3n) is 2.97. The molecule has 2 nitrogen and oxygen atoms in total. The third kappa shape index (κ3) is 3.58. The molecule has 2 aromatic rings. The summed E-state index contributed by atoms with van der Waals surface area (Å²) in [5.74, 6) is 0.590. The Kier molecular flexibility index (Phi) is 5.15. The van der Waals surface area contributed by atoms with E-state index in [9.17, 15) is 4.39 Å². The molecule has 0 heterocycles. The molecule has 0 radical (unpaired) electrons. The molecule has 20 heavy (non-hydrogen) atoms. The molecule has 0 spiro atoms. The summed E-state index contributed by atoms with van der Waals surface area (Å²) in [5, 5.41) is 3.25. The van der Waals surface area contributed by atoms with Gasteiger partial charge in [-0.1, -0.05) is 41.1 Å². The van der Waals surface area contributed by atoms with E-state index in [-0.39, 0.29) is 11.6 Å². The van der Waals surface area contributed by atoms with Crippen LogP contribution in [-0.2, 0) is 6.54 Å². The largest absolute Gasteiger partial charge is 0.454 e. The van der Waals surface area contributed by atoms with E-state index in [0.717, 1.165) is 16.6 Å². The van der Waals surface area contributed by atoms with Crippen molar-refractivity contribution in [2.24, 2.45) is 0 Å². The predicted molar refractivity (Wildman–Crippen MR) is 82.7 cm³/mol. The molecule has 0 aliphatic carbocycles. The van der Waals surface area contributed by atoms with E-state index in [1.807, 2.05) is 25.1 Å². The second-order valence-electron chi connectivity index (χ2n) is 4.52. The minimum absolute atomic E-state index is 0.251. The van der Waals surface area contributed by atoms with Gasteiger partial charge in [0.25, 0.3) is 0 Å². The summed E-state index contributed by atoms with van der Waals surface area (Å²) < 4.78 is 20.7. The molecular formula is C16H17BrFNO. The monoisotopic (exact) mass is 337 g/mol. The first-order valence-electron chi connectivity index (χ1n) is 6.54.